The van der Waals surface area contributed by atoms with Gasteiger partial charge in [-0.3, -0.25) is 0 Å². The average Bonchev–Trinajstić information content (AvgIpc) is 3.05. The highest BCUT2D eigenvalue weighted by molar-refractivity contribution is 5.56. The van der Waals surface area contributed by atoms with Gasteiger partial charge in [0.05, 0.1) is 18.6 Å². The Labute approximate surface area is 118 Å². The minimum absolute atomic E-state index is 0.523. The first kappa shape index (κ1) is 11.8. The van der Waals surface area contributed by atoms with Gasteiger partial charge < -0.3 is 14.6 Å². The van der Waals surface area contributed by atoms with Crippen LogP contribution >= 0.6 is 0 Å². The normalized spacial score (nSPS) is 26.4. The Morgan fingerprint density at radius 1 is 1.40 bits per heavy atom. The van der Waals surface area contributed by atoms with Crippen molar-refractivity contribution in [2.75, 3.05) is 18.5 Å². The summed E-state index contributed by atoms with van der Waals surface area (Å²) in [5.74, 6) is 2.74. The van der Waals surface area contributed by atoms with Gasteiger partial charge in [0.1, 0.15) is 5.75 Å². The zero-order valence-electron chi connectivity index (χ0n) is 11.8. The molecule has 0 bridgehead atoms. The second-order valence-electron chi connectivity index (χ2n) is 5.77. The summed E-state index contributed by atoms with van der Waals surface area (Å²) in [7, 11) is 2.02. The summed E-state index contributed by atoms with van der Waals surface area (Å²) in [6.45, 7) is 3.88. The average molecular weight is 269 g/mol. The molecule has 0 spiro atoms. The van der Waals surface area contributed by atoms with E-state index in [1.807, 2.05) is 17.9 Å². The minimum Gasteiger partial charge on any atom is -0.493 e. The number of ether oxygens (including phenoxy) is 1. The number of aryl methyl sites for hydroxylation is 1. The van der Waals surface area contributed by atoms with Crippen molar-refractivity contribution in [1.82, 2.24) is 9.55 Å². The minimum atomic E-state index is 0.523. The van der Waals surface area contributed by atoms with Crippen LogP contribution in [-0.4, -0.2) is 22.7 Å². The molecule has 2 aliphatic rings. The largest absolute Gasteiger partial charge is 0.493 e. The van der Waals surface area contributed by atoms with E-state index >= 15 is 0 Å². The van der Waals surface area contributed by atoms with Crippen molar-refractivity contribution in [2.45, 2.75) is 18.8 Å². The molecular formula is C16H19N3O. The SMILES string of the molecule is CCNc1ccc2c(c1)[C@@H]1[C@H](CO2)[C@H]1c1cn(C)cn1. The highest BCUT2D eigenvalue weighted by atomic mass is 16.5. The van der Waals surface area contributed by atoms with E-state index in [0.29, 0.717) is 17.8 Å². The second-order valence-corrected chi connectivity index (χ2v) is 5.77. The number of anilines is 1. The van der Waals surface area contributed by atoms with Crippen LogP contribution in [0, 0.1) is 5.92 Å². The Hall–Kier alpha value is -1.97. The number of hydrogen-bond donors (Lipinski definition) is 1. The molecule has 3 atom stereocenters. The number of hydrogen-bond acceptors (Lipinski definition) is 3. The summed E-state index contributed by atoms with van der Waals surface area (Å²) in [6, 6.07) is 6.44. The number of imidazole rings is 1. The van der Waals surface area contributed by atoms with Gasteiger partial charge in [0.2, 0.25) is 0 Å². The van der Waals surface area contributed by atoms with Crippen molar-refractivity contribution in [3.63, 3.8) is 0 Å². The van der Waals surface area contributed by atoms with Crippen molar-refractivity contribution < 1.29 is 4.74 Å². The van der Waals surface area contributed by atoms with E-state index in [1.165, 1.54) is 16.9 Å². The van der Waals surface area contributed by atoms with Crippen LogP contribution in [-0.2, 0) is 7.05 Å². The molecule has 4 heteroatoms. The molecule has 4 nitrogen and oxygen atoms in total. The summed E-state index contributed by atoms with van der Waals surface area (Å²) >= 11 is 0. The van der Waals surface area contributed by atoms with Gasteiger partial charge in [-0.2, -0.15) is 0 Å². The van der Waals surface area contributed by atoms with Crippen LogP contribution in [0.5, 0.6) is 5.75 Å². The molecule has 4 rings (SSSR count). The molecule has 2 aromatic rings. The van der Waals surface area contributed by atoms with E-state index in [1.54, 1.807) is 0 Å². The molecule has 1 aliphatic heterocycles. The maximum atomic E-state index is 5.91. The third-order valence-corrected chi connectivity index (χ3v) is 4.42. The van der Waals surface area contributed by atoms with E-state index in [9.17, 15) is 0 Å². The van der Waals surface area contributed by atoms with E-state index in [-0.39, 0.29) is 0 Å². The van der Waals surface area contributed by atoms with Gasteiger partial charge in [0.25, 0.3) is 0 Å². The van der Waals surface area contributed by atoms with Gasteiger partial charge in [-0.15, -0.1) is 0 Å². The highest BCUT2D eigenvalue weighted by Crippen LogP contribution is 2.64. The Bertz CT molecular complexity index is 649. The lowest BCUT2D eigenvalue weighted by molar-refractivity contribution is 0.277. The monoisotopic (exact) mass is 269 g/mol. The molecule has 0 saturated heterocycles. The number of fused-ring (bicyclic) bond motifs is 3. The fraction of sp³-hybridized carbons (Fsp3) is 0.438. The maximum absolute atomic E-state index is 5.91. The van der Waals surface area contributed by atoms with Crippen molar-refractivity contribution in [3.05, 3.63) is 42.0 Å². The van der Waals surface area contributed by atoms with Crippen molar-refractivity contribution in [3.8, 4) is 5.75 Å². The zero-order valence-corrected chi connectivity index (χ0v) is 11.8. The number of nitrogens with zero attached hydrogens (tertiary/aromatic N) is 2. The standard InChI is InChI=1S/C16H19N3O/c1-3-17-10-4-5-14-11(6-10)15-12(8-20-14)16(15)13-7-19(2)9-18-13/h4-7,9,12,15-17H,3,8H2,1-2H3/t12-,15+,16-/m0/s1. The van der Waals surface area contributed by atoms with Gasteiger partial charge in [0.15, 0.2) is 0 Å². The molecule has 1 aliphatic carbocycles. The molecule has 20 heavy (non-hydrogen) atoms. The highest BCUT2D eigenvalue weighted by Gasteiger charge is 2.56. The molecule has 0 radical (unpaired) electrons. The van der Waals surface area contributed by atoms with E-state index < -0.39 is 0 Å². The van der Waals surface area contributed by atoms with Gasteiger partial charge in [-0.25, -0.2) is 4.98 Å². The third-order valence-electron chi connectivity index (χ3n) is 4.42. The van der Waals surface area contributed by atoms with E-state index in [0.717, 1.165) is 18.9 Å². The zero-order chi connectivity index (χ0) is 13.7. The number of aromatic nitrogens is 2. The number of rotatable bonds is 3. The van der Waals surface area contributed by atoms with Crippen LogP contribution < -0.4 is 10.1 Å². The van der Waals surface area contributed by atoms with Crippen LogP contribution in [0.15, 0.2) is 30.7 Å². The molecule has 0 unspecified atom stereocenters. The predicted octanol–water partition coefficient (Wildman–Crippen LogP) is 2.74. The smallest absolute Gasteiger partial charge is 0.122 e. The Balaban J connectivity index is 1.67. The van der Waals surface area contributed by atoms with Gasteiger partial charge in [0, 0.05) is 48.8 Å². The molecular weight excluding hydrogens is 250 g/mol. The van der Waals surface area contributed by atoms with Crippen LogP contribution in [0.3, 0.4) is 0 Å². The summed E-state index contributed by atoms with van der Waals surface area (Å²) in [5, 5.41) is 3.38. The summed E-state index contributed by atoms with van der Waals surface area (Å²) in [6.07, 6.45) is 4.02. The van der Waals surface area contributed by atoms with Crippen LogP contribution in [0.1, 0.15) is 30.0 Å². The number of nitrogens with one attached hydrogen (secondary N) is 1. The molecule has 1 saturated carbocycles. The Morgan fingerprint density at radius 3 is 3.05 bits per heavy atom. The molecule has 0 amide bonds. The molecule has 1 N–H and O–H groups in total. The summed E-state index contributed by atoms with van der Waals surface area (Å²) in [4.78, 5) is 4.53. The van der Waals surface area contributed by atoms with Crippen LogP contribution in [0.25, 0.3) is 0 Å². The lowest BCUT2D eigenvalue weighted by Gasteiger charge is -2.17. The quantitative estimate of drug-likeness (QED) is 0.931. The number of benzene rings is 1. The van der Waals surface area contributed by atoms with Gasteiger partial charge in [-0.1, -0.05) is 0 Å². The summed E-state index contributed by atoms with van der Waals surface area (Å²) < 4.78 is 7.93. The molecule has 1 aromatic heterocycles. The molecule has 1 aromatic carbocycles. The fourth-order valence-electron chi connectivity index (χ4n) is 3.45. The third kappa shape index (κ3) is 1.71. The van der Waals surface area contributed by atoms with Crippen LogP contribution in [0.4, 0.5) is 5.69 Å². The van der Waals surface area contributed by atoms with E-state index in [2.05, 4.69) is 41.6 Å². The van der Waals surface area contributed by atoms with Crippen molar-refractivity contribution in [1.29, 1.82) is 0 Å². The molecule has 1 fully saturated rings. The Morgan fingerprint density at radius 2 is 2.30 bits per heavy atom. The van der Waals surface area contributed by atoms with E-state index in [4.69, 9.17) is 4.74 Å². The lowest BCUT2D eigenvalue weighted by Crippen LogP contribution is -2.09. The first-order chi connectivity index (χ1) is 9.78. The van der Waals surface area contributed by atoms with Gasteiger partial charge >= 0.3 is 0 Å². The topological polar surface area (TPSA) is 39.1 Å². The predicted molar refractivity (Wildman–Crippen MR) is 78.3 cm³/mol. The Kier molecular flexibility index (Phi) is 2.52. The fourth-order valence-corrected chi connectivity index (χ4v) is 3.45. The molecule has 104 valence electrons. The lowest BCUT2D eigenvalue weighted by atomic mass is 10.0. The molecule has 2 heterocycles. The van der Waals surface area contributed by atoms with Gasteiger partial charge in [-0.05, 0) is 25.1 Å². The first-order valence-electron chi connectivity index (χ1n) is 7.26. The van der Waals surface area contributed by atoms with Crippen molar-refractivity contribution in [2.24, 2.45) is 13.0 Å². The second kappa shape index (κ2) is 4.27. The first-order valence-corrected chi connectivity index (χ1v) is 7.26. The van der Waals surface area contributed by atoms with Crippen LogP contribution in [0.2, 0.25) is 0 Å². The maximum Gasteiger partial charge on any atom is 0.122 e. The van der Waals surface area contributed by atoms with Crippen molar-refractivity contribution >= 4 is 5.69 Å². The summed E-state index contributed by atoms with van der Waals surface area (Å²) in [5.41, 5.74) is 3.73.